The number of hydrazone groups is 1. The standard InChI is InChI=1S/C11H13N3O2/c1-3-4-7-12-13-11(16)9-5-6-10(15)14(2)8-9/h3-8H,1-2H3,(H,13,16)/b4-3+,12-7+. The summed E-state index contributed by atoms with van der Waals surface area (Å²) in [6.45, 7) is 1.85. The maximum atomic E-state index is 11.5. The predicted octanol–water partition coefficient (Wildman–Crippen LogP) is 0.677. The lowest BCUT2D eigenvalue weighted by Gasteiger charge is -2.01. The van der Waals surface area contributed by atoms with Crippen LogP contribution in [0.3, 0.4) is 0 Å². The molecular weight excluding hydrogens is 206 g/mol. The molecule has 1 aromatic heterocycles. The Hall–Kier alpha value is -2.17. The number of nitrogens with one attached hydrogen (secondary N) is 1. The number of amides is 1. The molecule has 1 aromatic rings. The third kappa shape index (κ3) is 3.20. The van der Waals surface area contributed by atoms with Crippen molar-refractivity contribution < 1.29 is 4.79 Å². The Balaban J connectivity index is 2.73. The van der Waals surface area contributed by atoms with Gasteiger partial charge < -0.3 is 4.57 Å². The quantitative estimate of drug-likeness (QED) is 0.600. The van der Waals surface area contributed by atoms with Crippen molar-refractivity contribution in [3.05, 3.63) is 46.4 Å². The highest BCUT2D eigenvalue weighted by Crippen LogP contribution is 1.94. The normalized spacial score (nSPS) is 11.1. The summed E-state index contributed by atoms with van der Waals surface area (Å²) in [7, 11) is 1.59. The van der Waals surface area contributed by atoms with E-state index < -0.39 is 0 Å². The number of carbonyl (C=O) groups excluding carboxylic acids is 1. The Labute approximate surface area is 93.1 Å². The average molecular weight is 219 g/mol. The molecule has 5 nitrogen and oxygen atoms in total. The molecule has 0 fully saturated rings. The summed E-state index contributed by atoms with van der Waals surface area (Å²) >= 11 is 0. The Morgan fingerprint density at radius 2 is 2.25 bits per heavy atom. The lowest BCUT2D eigenvalue weighted by atomic mass is 10.3. The monoisotopic (exact) mass is 219 g/mol. The Kier molecular flexibility index (Phi) is 4.20. The van der Waals surface area contributed by atoms with E-state index in [1.165, 1.54) is 29.1 Å². The first kappa shape index (κ1) is 11.9. The van der Waals surface area contributed by atoms with E-state index in [0.717, 1.165) is 0 Å². The molecule has 5 heteroatoms. The van der Waals surface area contributed by atoms with E-state index in [1.807, 2.05) is 6.92 Å². The van der Waals surface area contributed by atoms with Crippen molar-refractivity contribution in [3.63, 3.8) is 0 Å². The second-order valence-electron chi connectivity index (χ2n) is 3.11. The van der Waals surface area contributed by atoms with E-state index in [2.05, 4.69) is 10.5 Å². The third-order valence-corrected chi connectivity index (χ3v) is 1.87. The third-order valence-electron chi connectivity index (χ3n) is 1.87. The van der Waals surface area contributed by atoms with Gasteiger partial charge in [0.25, 0.3) is 5.91 Å². The number of aromatic nitrogens is 1. The van der Waals surface area contributed by atoms with E-state index >= 15 is 0 Å². The molecule has 0 radical (unpaired) electrons. The average Bonchev–Trinajstić information content (AvgIpc) is 2.28. The zero-order valence-corrected chi connectivity index (χ0v) is 9.18. The molecule has 0 aliphatic carbocycles. The van der Waals surface area contributed by atoms with Gasteiger partial charge in [0.2, 0.25) is 5.56 Å². The molecule has 0 saturated carbocycles. The van der Waals surface area contributed by atoms with Gasteiger partial charge in [-0.1, -0.05) is 6.08 Å². The minimum atomic E-state index is -0.351. The number of aryl methyl sites for hydroxylation is 1. The minimum Gasteiger partial charge on any atom is -0.318 e. The molecule has 1 rings (SSSR count). The van der Waals surface area contributed by atoms with Crippen LogP contribution < -0.4 is 11.0 Å². The molecule has 0 atom stereocenters. The first-order valence-electron chi connectivity index (χ1n) is 4.76. The largest absolute Gasteiger partial charge is 0.318 e. The molecule has 1 N–H and O–H groups in total. The van der Waals surface area contributed by atoms with Crippen molar-refractivity contribution in [2.45, 2.75) is 6.92 Å². The molecule has 16 heavy (non-hydrogen) atoms. The highest BCUT2D eigenvalue weighted by atomic mass is 16.2. The highest BCUT2D eigenvalue weighted by molar-refractivity contribution is 5.94. The van der Waals surface area contributed by atoms with Crippen LogP contribution in [0.4, 0.5) is 0 Å². The van der Waals surface area contributed by atoms with E-state index in [4.69, 9.17) is 0 Å². The van der Waals surface area contributed by atoms with E-state index in [9.17, 15) is 9.59 Å². The Morgan fingerprint density at radius 3 is 2.88 bits per heavy atom. The topological polar surface area (TPSA) is 63.5 Å². The summed E-state index contributed by atoms with van der Waals surface area (Å²) in [5.41, 5.74) is 2.57. The maximum Gasteiger partial charge on any atom is 0.272 e. The predicted molar refractivity (Wildman–Crippen MR) is 62.5 cm³/mol. The van der Waals surface area contributed by atoms with Crippen molar-refractivity contribution in [2.24, 2.45) is 12.1 Å². The van der Waals surface area contributed by atoms with Gasteiger partial charge in [0, 0.05) is 25.5 Å². The molecule has 0 unspecified atom stereocenters. The fourth-order valence-electron chi connectivity index (χ4n) is 1.02. The molecule has 0 aliphatic heterocycles. The van der Waals surface area contributed by atoms with Gasteiger partial charge >= 0.3 is 0 Å². The van der Waals surface area contributed by atoms with Crippen LogP contribution in [0, 0.1) is 0 Å². The van der Waals surface area contributed by atoms with Crippen LogP contribution in [0.5, 0.6) is 0 Å². The molecule has 0 bridgehead atoms. The molecule has 1 heterocycles. The van der Waals surface area contributed by atoms with Gasteiger partial charge in [-0.25, -0.2) is 5.43 Å². The zero-order valence-electron chi connectivity index (χ0n) is 9.18. The zero-order chi connectivity index (χ0) is 12.0. The summed E-state index contributed by atoms with van der Waals surface area (Å²) in [4.78, 5) is 22.6. The van der Waals surface area contributed by atoms with E-state index in [0.29, 0.717) is 5.56 Å². The van der Waals surface area contributed by atoms with Crippen LogP contribution in [-0.2, 0) is 7.05 Å². The number of nitrogens with zero attached hydrogens (tertiary/aromatic N) is 2. The van der Waals surface area contributed by atoms with Gasteiger partial charge in [0.05, 0.1) is 5.56 Å². The maximum absolute atomic E-state index is 11.5. The van der Waals surface area contributed by atoms with Gasteiger partial charge in [-0.3, -0.25) is 9.59 Å². The molecule has 84 valence electrons. The van der Waals surface area contributed by atoms with E-state index in [1.54, 1.807) is 19.2 Å². The van der Waals surface area contributed by atoms with Crippen LogP contribution >= 0.6 is 0 Å². The van der Waals surface area contributed by atoms with Crippen LogP contribution in [-0.4, -0.2) is 16.7 Å². The van der Waals surface area contributed by atoms with Crippen molar-refractivity contribution in [1.82, 2.24) is 9.99 Å². The molecule has 0 spiro atoms. The highest BCUT2D eigenvalue weighted by Gasteiger charge is 2.04. The number of rotatable bonds is 3. The first-order chi connectivity index (χ1) is 7.65. The van der Waals surface area contributed by atoms with Crippen molar-refractivity contribution >= 4 is 12.1 Å². The smallest absolute Gasteiger partial charge is 0.272 e. The summed E-state index contributed by atoms with van der Waals surface area (Å²) in [6.07, 6.45) is 6.42. The molecular formula is C11H13N3O2. The summed E-state index contributed by atoms with van der Waals surface area (Å²) in [5, 5.41) is 3.69. The lowest BCUT2D eigenvalue weighted by molar-refractivity contribution is 0.0954. The van der Waals surface area contributed by atoms with Gasteiger partial charge in [0.1, 0.15) is 0 Å². The van der Waals surface area contributed by atoms with Gasteiger partial charge in [-0.15, -0.1) is 0 Å². The number of pyridine rings is 1. The van der Waals surface area contributed by atoms with Crippen molar-refractivity contribution in [2.75, 3.05) is 0 Å². The summed E-state index contributed by atoms with van der Waals surface area (Å²) in [5.74, 6) is -0.351. The van der Waals surface area contributed by atoms with Gasteiger partial charge in [-0.2, -0.15) is 5.10 Å². The Morgan fingerprint density at radius 1 is 1.50 bits per heavy atom. The lowest BCUT2D eigenvalue weighted by Crippen LogP contribution is -2.22. The second kappa shape index (κ2) is 5.65. The fourth-order valence-corrected chi connectivity index (χ4v) is 1.02. The summed E-state index contributed by atoms with van der Waals surface area (Å²) < 4.78 is 1.34. The SMILES string of the molecule is C/C=C/C=N/NC(=O)c1ccc(=O)n(C)c1. The molecule has 1 amide bonds. The number of hydrogen-bond acceptors (Lipinski definition) is 3. The van der Waals surface area contributed by atoms with Gasteiger partial charge in [0.15, 0.2) is 0 Å². The Bertz CT molecular complexity index is 486. The molecule has 0 aromatic carbocycles. The summed E-state index contributed by atoms with van der Waals surface area (Å²) in [6, 6.07) is 2.80. The first-order valence-corrected chi connectivity index (χ1v) is 4.76. The van der Waals surface area contributed by atoms with E-state index in [-0.39, 0.29) is 11.5 Å². The molecule has 0 saturated heterocycles. The number of hydrogen-bond donors (Lipinski definition) is 1. The van der Waals surface area contributed by atoms with Crippen molar-refractivity contribution in [1.29, 1.82) is 0 Å². The second-order valence-corrected chi connectivity index (χ2v) is 3.11. The number of carbonyl (C=O) groups is 1. The number of allylic oxidation sites excluding steroid dienone is 2. The fraction of sp³-hybridized carbons (Fsp3) is 0.182. The van der Waals surface area contributed by atoms with Crippen LogP contribution in [0.1, 0.15) is 17.3 Å². The van der Waals surface area contributed by atoms with Crippen molar-refractivity contribution in [3.8, 4) is 0 Å². The van der Waals surface area contributed by atoms with Crippen LogP contribution in [0.15, 0.2) is 40.4 Å². The van der Waals surface area contributed by atoms with Crippen LogP contribution in [0.25, 0.3) is 0 Å². The minimum absolute atomic E-state index is 0.158. The van der Waals surface area contributed by atoms with Gasteiger partial charge in [-0.05, 0) is 19.1 Å². The van der Waals surface area contributed by atoms with Crippen LogP contribution in [0.2, 0.25) is 0 Å². The molecule has 0 aliphatic rings.